The number of ketones is 1. The van der Waals surface area contributed by atoms with Crippen LogP contribution in [0.5, 0.6) is 5.75 Å². The first-order valence-corrected chi connectivity index (χ1v) is 5.41. The smallest absolute Gasteiger partial charge is 0.323 e. The molecule has 1 atom stereocenters. The lowest BCUT2D eigenvalue weighted by Gasteiger charge is -2.12. The van der Waals surface area contributed by atoms with E-state index in [9.17, 15) is 9.59 Å². The number of benzene rings is 1. The van der Waals surface area contributed by atoms with Crippen molar-refractivity contribution in [1.29, 1.82) is 0 Å². The minimum absolute atomic E-state index is 0.174. The molecule has 1 aromatic carbocycles. The van der Waals surface area contributed by atoms with E-state index in [1.807, 2.05) is 0 Å². The highest BCUT2D eigenvalue weighted by Gasteiger charge is 2.37. The maximum Gasteiger partial charge on any atom is 0.323 e. The van der Waals surface area contributed by atoms with Gasteiger partial charge in [-0.15, -0.1) is 0 Å². The Balaban J connectivity index is 2.06. The standard InChI is InChI=1S/C13H13NO4/c1-8(12-11(15)7-18-13(12)16)14-9-3-5-10(17-2)6-4-9/h3-6,12,14H,1,7H2,2H3/t12-/m1/s1. The zero-order valence-electron chi connectivity index (χ0n) is 9.93. The maximum atomic E-state index is 11.5. The van der Waals surface area contributed by atoms with Crippen molar-refractivity contribution in [2.45, 2.75) is 0 Å². The number of hydrogen-bond acceptors (Lipinski definition) is 5. The summed E-state index contributed by atoms with van der Waals surface area (Å²) >= 11 is 0. The number of carbonyl (C=O) groups excluding carboxylic acids is 2. The lowest BCUT2D eigenvalue weighted by molar-refractivity contribution is -0.140. The summed E-state index contributed by atoms with van der Waals surface area (Å²) < 4.78 is 9.69. The molecule has 0 unspecified atom stereocenters. The van der Waals surface area contributed by atoms with Gasteiger partial charge in [-0.05, 0) is 24.3 Å². The van der Waals surface area contributed by atoms with Crippen LogP contribution in [0.25, 0.3) is 0 Å². The van der Waals surface area contributed by atoms with Crippen molar-refractivity contribution in [3.8, 4) is 5.75 Å². The first-order chi connectivity index (χ1) is 8.61. The average Bonchev–Trinajstić information content (AvgIpc) is 2.70. The van der Waals surface area contributed by atoms with E-state index < -0.39 is 11.9 Å². The Morgan fingerprint density at radius 1 is 1.39 bits per heavy atom. The van der Waals surface area contributed by atoms with E-state index in [1.165, 1.54) is 0 Å². The van der Waals surface area contributed by atoms with Gasteiger partial charge in [0.25, 0.3) is 0 Å². The van der Waals surface area contributed by atoms with Gasteiger partial charge in [0.15, 0.2) is 18.3 Å². The fraction of sp³-hybridized carbons (Fsp3) is 0.231. The predicted octanol–water partition coefficient (Wildman–Crippen LogP) is 1.36. The number of carbonyl (C=O) groups is 2. The van der Waals surface area contributed by atoms with Gasteiger partial charge in [-0.3, -0.25) is 9.59 Å². The lowest BCUT2D eigenvalue weighted by atomic mass is 10.0. The van der Waals surface area contributed by atoms with E-state index in [2.05, 4.69) is 16.6 Å². The third kappa shape index (κ3) is 2.34. The van der Waals surface area contributed by atoms with Gasteiger partial charge in [0.05, 0.1) is 7.11 Å². The van der Waals surface area contributed by atoms with Crippen molar-refractivity contribution in [3.63, 3.8) is 0 Å². The SMILES string of the molecule is C=C(Nc1ccc(OC)cc1)[C@@H]1C(=O)COC1=O. The number of ether oxygens (including phenoxy) is 2. The van der Waals surface area contributed by atoms with Gasteiger partial charge >= 0.3 is 5.97 Å². The topological polar surface area (TPSA) is 64.6 Å². The van der Waals surface area contributed by atoms with Gasteiger partial charge in [0, 0.05) is 11.4 Å². The number of cyclic esters (lactones) is 1. The molecule has 0 radical (unpaired) electrons. The van der Waals surface area contributed by atoms with Crippen LogP contribution in [0.1, 0.15) is 0 Å². The number of methoxy groups -OCH3 is 1. The second-order valence-electron chi connectivity index (χ2n) is 3.89. The highest BCUT2D eigenvalue weighted by molar-refractivity contribution is 6.07. The van der Waals surface area contributed by atoms with Crippen LogP contribution in [-0.4, -0.2) is 25.5 Å². The van der Waals surface area contributed by atoms with Gasteiger partial charge in [-0.2, -0.15) is 0 Å². The molecule has 5 nitrogen and oxygen atoms in total. The fourth-order valence-corrected chi connectivity index (χ4v) is 1.71. The molecule has 0 bridgehead atoms. The van der Waals surface area contributed by atoms with Gasteiger partial charge < -0.3 is 14.8 Å². The van der Waals surface area contributed by atoms with Crippen LogP contribution in [-0.2, 0) is 14.3 Å². The van der Waals surface area contributed by atoms with Crippen LogP contribution in [0.2, 0.25) is 0 Å². The van der Waals surface area contributed by atoms with E-state index in [0.717, 1.165) is 11.4 Å². The predicted molar refractivity (Wildman–Crippen MR) is 65.2 cm³/mol. The van der Waals surface area contributed by atoms with Crippen molar-refractivity contribution >= 4 is 17.4 Å². The Morgan fingerprint density at radius 2 is 2.06 bits per heavy atom. The average molecular weight is 247 g/mol. The molecule has 0 aromatic heterocycles. The third-order valence-corrected chi connectivity index (χ3v) is 2.66. The first kappa shape index (κ1) is 12.2. The molecule has 2 rings (SSSR count). The molecule has 0 amide bonds. The third-order valence-electron chi connectivity index (χ3n) is 2.66. The zero-order valence-corrected chi connectivity index (χ0v) is 9.93. The van der Waals surface area contributed by atoms with Gasteiger partial charge in [0.1, 0.15) is 5.75 Å². The number of esters is 1. The molecule has 18 heavy (non-hydrogen) atoms. The first-order valence-electron chi connectivity index (χ1n) is 5.41. The Hall–Kier alpha value is -2.30. The van der Waals surface area contributed by atoms with E-state index in [-0.39, 0.29) is 12.4 Å². The summed E-state index contributed by atoms with van der Waals surface area (Å²) in [5, 5.41) is 2.92. The Morgan fingerprint density at radius 3 is 2.56 bits per heavy atom. The summed E-state index contributed by atoms with van der Waals surface area (Å²) in [6.07, 6.45) is 0. The van der Waals surface area contributed by atoms with Gasteiger partial charge in [-0.1, -0.05) is 6.58 Å². The molecular formula is C13H13NO4. The number of Topliss-reactive ketones (excluding diaryl/α,β-unsaturated/α-hetero) is 1. The van der Waals surface area contributed by atoms with Crippen LogP contribution >= 0.6 is 0 Å². The number of rotatable bonds is 4. The number of anilines is 1. The Labute approximate surface area is 104 Å². The molecule has 5 heteroatoms. The molecule has 0 spiro atoms. The molecule has 1 fully saturated rings. The van der Waals surface area contributed by atoms with E-state index >= 15 is 0 Å². The van der Waals surface area contributed by atoms with Crippen LogP contribution < -0.4 is 10.1 Å². The summed E-state index contributed by atoms with van der Waals surface area (Å²) in [7, 11) is 1.58. The van der Waals surface area contributed by atoms with Crippen LogP contribution in [0, 0.1) is 5.92 Å². The summed E-state index contributed by atoms with van der Waals surface area (Å²) in [5.74, 6) is -1.01. The number of nitrogens with one attached hydrogen (secondary N) is 1. The summed E-state index contributed by atoms with van der Waals surface area (Å²) in [4.78, 5) is 22.8. The van der Waals surface area contributed by atoms with E-state index in [1.54, 1.807) is 31.4 Å². The quantitative estimate of drug-likeness (QED) is 0.643. The maximum absolute atomic E-state index is 11.5. The van der Waals surface area contributed by atoms with E-state index in [4.69, 9.17) is 4.74 Å². The number of hydrogen-bond donors (Lipinski definition) is 1. The van der Waals surface area contributed by atoms with Crippen molar-refractivity contribution in [1.82, 2.24) is 0 Å². The Bertz CT molecular complexity index is 476. The largest absolute Gasteiger partial charge is 0.497 e. The van der Waals surface area contributed by atoms with Crippen LogP contribution in [0.4, 0.5) is 5.69 Å². The van der Waals surface area contributed by atoms with Crippen LogP contribution in [0.15, 0.2) is 36.5 Å². The molecule has 94 valence electrons. The molecule has 0 aliphatic carbocycles. The van der Waals surface area contributed by atoms with E-state index in [0.29, 0.717) is 5.70 Å². The molecule has 1 N–H and O–H groups in total. The summed E-state index contributed by atoms with van der Waals surface area (Å²) in [6, 6.07) is 7.08. The van der Waals surface area contributed by atoms with Gasteiger partial charge in [0.2, 0.25) is 0 Å². The van der Waals surface area contributed by atoms with Gasteiger partial charge in [-0.25, -0.2) is 0 Å². The molecule has 1 saturated heterocycles. The molecule has 0 saturated carbocycles. The normalized spacial score (nSPS) is 18.4. The fourth-order valence-electron chi connectivity index (χ4n) is 1.71. The molecular weight excluding hydrogens is 234 g/mol. The van der Waals surface area contributed by atoms with Crippen molar-refractivity contribution in [3.05, 3.63) is 36.5 Å². The van der Waals surface area contributed by atoms with Crippen LogP contribution in [0.3, 0.4) is 0 Å². The minimum Gasteiger partial charge on any atom is -0.497 e. The highest BCUT2D eigenvalue weighted by Crippen LogP contribution is 2.22. The molecule has 1 aliphatic rings. The monoisotopic (exact) mass is 247 g/mol. The Kier molecular flexibility index (Phi) is 3.32. The van der Waals surface area contributed by atoms with Crippen molar-refractivity contribution < 1.29 is 19.1 Å². The molecule has 1 aliphatic heterocycles. The van der Waals surface area contributed by atoms with Crippen molar-refractivity contribution in [2.24, 2.45) is 5.92 Å². The summed E-state index contributed by atoms with van der Waals surface area (Å²) in [5.41, 5.74) is 1.06. The molecule has 1 aromatic rings. The summed E-state index contributed by atoms with van der Waals surface area (Å²) in [6.45, 7) is 3.54. The molecule has 1 heterocycles. The lowest BCUT2D eigenvalue weighted by Crippen LogP contribution is -2.21. The minimum atomic E-state index is -0.910. The van der Waals surface area contributed by atoms with Crippen molar-refractivity contribution in [2.75, 3.05) is 19.0 Å². The second-order valence-corrected chi connectivity index (χ2v) is 3.89. The zero-order chi connectivity index (χ0) is 13.1. The highest BCUT2D eigenvalue weighted by atomic mass is 16.5. The second kappa shape index (κ2) is 4.91.